The van der Waals surface area contributed by atoms with Crippen molar-refractivity contribution >= 4 is 23.4 Å². The Hall–Kier alpha value is -2.95. The Labute approximate surface area is 179 Å². The number of carbonyl (C=O) groups excluding carboxylic acids is 1. The third-order valence-electron chi connectivity index (χ3n) is 5.84. The molecule has 30 heavy (non-hydrogen) atoms. The summed E-state index contributed by atoms with van der Waals surface area (Å²) in [5.41, 5.74) is 5.87. The highest BCUT2D eigenvalue weighted by atomic mass is 16.2. The first-order chi connectivity index (χ1) is 14.7. The minimum absolute atomic E-state index is 0.259. The number of benzene rings is 1. The van der Waals surface area contributed by atoms with E-state index in [9.17, 15) is 4.79 Å². The zero-order valence-electron chi connectivity index (χ0n) is 17.8. The molecular formula is C25H30N4O. The number of rotatable bonds is 4. The summed E-state index contributed by atoms with van der Waals surface area (Å²) in [6.07, 6.45) is 9.70. The Kier molecular flexibility index (Phi) is 6.57. The molecule has 5 nitrogen and oxygen atoms in total. The van der Waals surface area contributed by atoms with Crippen LogP contribution in [0.15, 0.2) is 59.4 Å². The van der Waals surface area contributed by atoms with Crippen molar-refractivity contribution < 1.29 is 4.79 Å². The zero-order valence-corrected chi connectivity index (χ0v) is 17.8. The fraction of sp³-hybridized carbons (Fsp3) is 0.400. The topological polar surface area (TPSA) is 48.8 Å². The molecule has 0 bridgehead atoms. The van der Waals surface area contributed by atoms with Crippen LogP contribution in [0.5, 0.6) is 0 Å². The van der Waals surface area contributed by atoms with Crippen LogP contribution in [0.3, 0.4) is 0 Å². The third-order valence-corrected chi connectivity index (χ3v) is 5.84. The van der Waals surface area contributed by atoms with Gasteiger partial charge < -0.3 is 9.80 Å². The van der Waals surface area contributed by atoms with Gasteiger partial charge in [0.05, 0.1) is 5.71 Å². The molecule has 0 spiro atoms. The Morgan fingerprint density at radius 1 is 1.10 bits per heavy atom. The lowest BCUT2D eigenvalue weighted by Crippen LogP contribution is -2.34. The predicted octanol–water partition coefficient (Wildman–Crippen LogP) is 4.20. The Morgan fingerprint density at radius 3 is 2.87 bits per heavy atom. The van der Waals surface area contributed by atoms with Crippen LogP contribution >= 0.6 is 0 Å². The summed E-state index contributed by atoms with van der Waals surface area (Å²) in [4.78, 5) is 25.5. The first-order valence-corrected chi connectivity index (χ1v) is 11.0. The van der Waals surface area contributed by atoms with Crippen LogP contribution in [0.2, 0.25) is 0 Å². The first-order valence-electron chi connectivity index (χ1n) is 11.0. The summed E-state index contributed by atoms with van der Waals surface area (Å²) in [5.74, 6) is 0.259. The van der Waals surface area contributed by atoms with Gasteiger partial charge in [-0.2, -0.15) is 0 Å². The minimum atomic E-state index is 0.259. The van der Waals surface area contributed by atoms with Crippen molar-refractivity contribution in [3.8, 4) is 0 Å². The van der Waals surface area contributed by atoms with Crippen molar-refractivity contribution in [2.24, 2.45) is 4.99 Å². The largest absolute Gasteiger partial charge is 0.370 e. The minimum Gasteiger partial charge on any atom is -0.370 e. The highest BCUT2D eigenvalue weighted by molar-refractivity contribution is 6.15. The number of allylic oxidation sites excluding steroid dienone is 1. The monoisotopic (exact) mass is 402 g/mol. The molecule has 0 radical (unpaired) electrons. The van der Waals surface area contributed by atoms with Gasteiger partial charge in [-0.05, 0) is 60.7 Å². The van der Waals surface area contributed by atoms with E-state index in [1.807, 2.05) is 24.1 Å². The average Bonchev–Trinajstić information content (AvgIpc) is 3.06. The molecule has 1 amide bonds. The fourth-order valence-corrected chi connectivity index (χ4v) is 4.26. The van der Waals surface area contributed by atoms with Crippen molar-refractivity contribution in [1.82, 2.24) is 9.88 Å². The number of amides is 1. The summed E-state index contributed by atoms with van der Waals surface area (Å²) in [7, 11) is 0. The normalized spacial score (nSPS) is 18.8. The summed E-state index contributed by atoms with van der Waals surface area (Å²) < 4.78 is 0. The molecular weight excluding hydrogens is 372 g/mol. The summed E-state index contributed by atoms with van der Waals surface area (Å²) in [6.45, 7) is 6.34. The van der Waals surface area contributed by atoms with E-state index >= 15 is 0 Å². The van der Waals surface area contributed by atoms with E-state index < -0.39 is 0 Å². The van der Waals surface area contributed by atoms with E-state index in [1.54, 1.807) is 6.20 Å². The van der Waals surface area contributed by atoms with Crippen LogP contribution in [0.4, 0.5) is 5.69 Å². The maximum atomic E-state index is 12.1. The maximum absolute atomic E-state index is 12.1. The molecule has 0 unspecified atom stereocenters. The average molecular weight is 403 g/mol. The summed E-state index contributed by atoms with van der Waals surface area (Å²) >= 11 is 0. The van der Waals surface area contributed by atoms with Gasteiger partial charge >= 0.3 is 0 Å². The van der Waals surface area contributed by atoms with Crippen LogP contribution in [-0.2, 0) is 4.79 Å². The molecule has 3 heterocycles. The number of anilines is 1. The van der Waals surface area contributed by atoms with Crippen molar-refractivity contribution in [2.45, 2.75) is 32.6 Å². The highest BCUT2D eigenvalue weighted by Gasteiger charge is 2.19. The number of aromatic nitrogens is 1. The van der Waals surface area contributed by atoms with Crippen molar-refractivity contribution in [1.29, 1.82) is 0 Å². The van der Waals surface area contributed by atoms with Crippen LogP contribution in [-0.4, -0.2) is 54.2 Å². The van der Waals surface area contributed by atoms with Gasteiger partial charge in [-0.15, -0.1) is 0 Å². The van der Waals surface area contributed by atoms with Crippen LogP contribution in [0.1, 0.15) is 43.7 Å². The van der Waals surface area contributed by atoms with Crippen LogP contribution in [0, 0.1) is 0 Å². The standard InChI is InChI=1S/C25H30N4O/c1-2-24(30)29-14-6-13-28(15-16-29)23-10-3-7-20(18-23)17-21-8-5-12-27-25(21)22-9-4-11-26-19-22/h3-4,7,9-11,17-19H,2,5-6,8,12-16H2,1H3. The number of carbonyl (C=O) groups is 1. The smallest absolute Gasteiger partial charge is 0.222 e. The van der Waals surface area contributed by atoms with Crippen molar-refractivity contribution in [2.75, 3.05) is 37.6 Å². The number of hydrogen-bond donors (Lipinski definition) is 0. The molecule has 0 saturated carbocycles. The molecule has 2 aromatic rings. The second-order valence-electron chi connectivity index (χ2n) is 7.92. The van der Waals surface area contributed by atoms with Crippen LogP contribution < -0.4 is 4.90 Å². The molecule has 0 aliphatic carbocycles. The summed E-state index contributed by atoms with van der Waals surface area (Å²) in [5, 5.41) is 0. The highest BCUT2D eigenvalue weighted by Crippen LogP contribution is 2.24. The lowest BCUT2D eigenvalue weighted by atomic mass is 9.95. The lowest BCUT2D eigenvalue weighted by Gasteiger charge is -2.24. The van der Waals surface area contributed by atoms with Crippen LogP contribution in [0.25, 0.3) is 6.08 Å². The third kappa shape index (κ3) is 4.78. The quantitative estimate of drug-likeness (QED) is 0.770. The zero-order chi connectivity index (χ0) is 20.8. The van der Waals surface area contributed by atoms with E-state index in [0.717, 1.165) is 63.3 Å². The van der Waals surface area contributed by atoms with E-state index in [-0.39, 0.29) is 5.91 Å². The van der Waals surface area contributed by atoms with Crippen molar-refractivity contribution in [3.05, 3.63) is 65.5 Å². The van der Waals surface area contributed by atoms with Gasteiger partial charge in [0.15, 0.2) is 0 Å². The van der Waals surface area contributed by atoms with E-state index in [0.29, 0.717) is 6.42 Å². The van der Waals surface area contributed by atoms with Gasteiger partial charge in [-0.1, -0.05) is 19.1 Å². The number of aliphatic imine (C=N–C) groups is 1. The van der Waals surface area contributed by atoms with E-state index in [1.165, 1.54) is 16.8 Å². The molecule has 4 rings (SSSR count). The molecule has 0 N–H and O–H groups in total. The maximum Gasteiger partial charge on any atom is 0.222 e. The molecule has 5 heteroatoms. The SMILES string of the molecule is CCC(=O)N1CCCN(c2cccc(C=C3CCCN=C3c3cccnc3)c2)CC1. The molecule has 1 saturated heterocycles. The van der Waals surface area contributed by atoms with Gasteiger partial charge in [0.25, 0.3) is 0 Å². The van der Waals surface area contributed by atoms with E-state index in [2.05, 4.69) is 46.3 Å². The Balaban J connectivity index is 1.54. The van der Waals surface area contributed by atoms with E-state index in [4.69, 9.17) is 4.99 Å². The molecule has 1 aromatic carbocycles. The molecule has 1 fully saturated rings. The van der Waals surface area contributed by atoms with Gasteiger partial charge in [0.1, 0.15) is 0 Å². The molecule has 156 valence electrons. The molecule has 2 aliphatic rings. The number of hydrogen-bond acceptors (Lipinski definition) is 4. The van der Waals surface area contributed by atoms with Gasteiger partial charge in [-0.25, -0.2) is 0 Å². The Morgan fingerprint density at radius 2 is 2.03 bits per heavy atom. The van der Waals surface area contributed by atoms with Gasteiger partial charge in [0, 0.05) is 62.8 Å². The summed E-state index contributed by atoms with van der Waals surface area (Å²) in [6, 6.07) is 12.8. The van der Waals surface area contributed by atoms with Gasteiger partial charge in [-0.3, -0.25) is 14.8 Å². The van der Waals surface area contributed by atoms with Gasteiger partial charge in [0.2, 0.25) is 5.91 Å². The predicted molar refractivity (Wildman–Crippen MR) is 123 cm³/mol. The second kappa shape index (κ2) is 9.70. The first kappa shape index (κ1) is 20.3. The molecule has 0 atom stereocenters. The number of nitrogens with zero attached hydrogens (tertiary/aromatic N) is 4. The Bertz CT molecular complexity index is 935. The fourth-order valence-electron chi connectivity index (χ4n) is 4.26. The number of pyridine rings is 1. The molecule has 1 aromatic heterocycles. The van der Waals surface area contributed by atoms with Crippen molar-refractivity contribution in [3.63, 3.8) is 0 Å². The second-order valence-corrected chi connectivity index (χ2v) is 7.92. The lowest BCUT2D eigenvalue weighted by molar-refractivity contribution is -0.130. The molecule has 2 aliphatic heterocycles.